The number of benzene rings is 2. The van der Waals surface area contributed by atoms with Gasteiger partial charge in [-0.05, 0) is 60.3 Å². The second kappa shape index (κ2) is 9.46. The molecule has 0 atom stereocenters. The summed E-state index contributed by atoms with van der Waals surface area (Å²) in [6.07, 6.45) is -0.0966. The minimum Gasteiger partial charge on any atom is -0.326 e. The van der Waals surface area contributed by atoms with E-state index in [9.17, 15) is 13.2 Å². The monoisotopic (exact) mass is 440 g/mol. The SMILES string of the molecule is [N-]=[N+]=NCc1ncc(CN2CCCC2)n1Cc1ccc(-c2ccc(C(F)(F)F)cc2)cc1. The zero-order valence-electron chi connectivity index (χ0n) is 17.5. The van der Waals surface area contributed by atoms with E-state index in [2.05, 4.69) is 24.5 Å². The van der Waals surface area contributed by atoms with Gasteiger partial charge in [0.2, 0.25) is 0 Å². The van der Waals surface area contributed by atoms with Crippen LogP contribution in [0.15, 0.2) is 59.8 Å². The van der Waals surface area contributed by atoms with Crippen molar-refractivity contribution in [2.24, 2.45) is 5.11 Å². The fourth-order valence-electron chi connectivity index (χ4n) is 4.00. The molecule has 6 nitrogen and oxygen atoms in total. The van der Waals surface area contributed by atoms with E-state index in [4.69, 9.17) is 5.53 Å². The number of nitrogens with zero attached hydrogens (tertiary/aromatic N) is 6. The van der Waals surface area contributed by atoms with E-state index in [0.717, 1.165) is 54.2 Å². The van der Waals surface area contributed by atoms with Crippen molar-refractivity contribution in [3.63, 3.8) is 0 Å². The van der Waals surface area contributed by atoms with Crippen molar-refractivity contribution in [2.45, 2.75) is 38.7 Å². The molecule has 0 amide bonds. The first kappa shape index (κ1) is 21.9. The Labute approximate surface area is 183 Å². The number of hydrogen-bond acceptors (Lipinski definition) is 3. The summed E-state index contributed by atoms with van der Waals surface area (Å²) in [6.45, 7) is 3.69. The van der Waals surface area contributed by atoms with Gasteiger partial charge in [0.15, 0.2) is 0 Å². The third-order valence-corrected chi connectivity index (χ3v) is 5.72. The minimum atomic E-state index is -4.34. The number of imidazole rings is 1. The Kier molecular flexibility index (Phi) is 6.48. The minimum absolute atomic E-state index is 0.181. The average molecular weight is 440 g/mol. The highest BCUT2D eigenvalue weighted by Gasteiger charge is 2.30. The van der Waals surface area contributed by atoms with Crippen molar-refractivity contribution in [3.05, 3.63) is 87.8 Å². The van der Waals surface area contributed by atoms with Crippen LogP contribution in [-0.2, 0) is 25.8 Å². The summed E-state index contributed by atoms with van der Waals surface area (Å²) < 4.78 is 40.5. The average Bonchev–Trinajstić information content (AvgIpc) is 3.43. The zero-order valence-corrected chi connectivity index (χ0v) is 17.5. The molecule has 0 bridgehead atoms. The van der Waals surface area contributed by atoms with Crippen LogP contribution in [0.25, 0.3) is 21.6 Å². The lowest BCUT2D eigenvalue weighted by Gasteiger charge is -2.17. The van der Waals surface area contributed by atoms with Gasteiger partial charge in [-0.15, -0.1) is 0 Å². The fourth-order valence-corrected chi connectivity index (χ4v) is 4.00. The summed E-state index contributed by atoms with van der Waals surface area (Å²) in [5.41, 5.74) is 11.7. The third-order valence-electron chi connectivity index (χ3n) is 5.72. The number of azide groups is 1. The van der Waals surface area contributed by atoms with Crippen LogP contribution >= 0.6 is 0 Å². The Hall–Kier alpha value is -3.29. The lowest BCUT2D eigenvalue weighted by atomic mass is 10.0. The van der Waals surface area contributed by atoms with E-state index in [1.807, 2.05) is 30.5 Å². The molecule has 0 aliphatic carbocycles. The molecule has 3 aromatic rings. The van der Waals surface area contributed by atoms with Crippen LogP contribution in [0.2, 0.25) is 0 Å². The normalized spacial score (nSPS) is 14.5. The largest absolute Gasteiger partial charge is 0.416 e. The van der Waals surface area contributed by atoms with E-state index in [0.29, 0.717) is 12.4 Å². The van der Waals surface area contributed by atoms with Gasteiger partial charge >= 0.3 is 6.18 Å². The third kappa shape index (κ3) is 5.12. The number of halogens is 3. The van der Waals surface area contributed by atoms with E-state index in [1.54, 1.807) is 0 Å². The molecule has 1 saturated heterocycles. The highest BCUT2D eigenvalue weighted by Crippen LogP contribution is 2.31. The molecule has 0 saturated carbocycles. The Morgan fingerprint density at radius 3 is 2.16 bits per heavy atom. The molecule has 1 aromatic heterocycles. The summed E-state index contributed by atoms with van der Waals surface area (Å²) in [5, 5.41) is 3.67. The second-order valence-corrected chi connectivity index (χ2v) is 7.90. The summed E-state index contributed by atoms with van der Waals surface area (Å²) >= 11 is 0. The highest BCUT2D eigenvalue weighted by atomic mass is 19.4. The van der Waals surface area contributed by atoms with Gasteiger partial charge < -0.3 is 4.57 Å². The number of aromatic nitrogens is 2. The van der Waals surface area contributed by atoms with Gasteiger partial charge in [0.1, 0.15) is 5.82 Å². The van der Waals surface area contributed by atoms with Crippen LogP contribution in [0.4, 0.5) is 13.2 Å². The Balaban J connectivity index is 1.53. The lowest BCUT2D eigenvalue weighted by Crippen LogP contribution is -2.21. The molecule has 1 fully saturated rings. The smallest absolute Gasteiger partial charge is 0.326 e. The highest BCUT2D eigenvalue weighted by molar-refractivity contribution is 5.64. The van der Waals surface area contributed by atoms with Crippen LogP contribution in [0.3, 0.4) is 0 Å². The molecule has 2 aromatic carbocycles. The van der Waals surface area contributed by atoms with Crippen molar-refractivity contribution in [2.75, 3.05) is 13.1 Å². The predicted octanol–water partition coefficient (Wildman–Crippen LogP) is 6.02. The van der Waals surface area contributed by atoms with Gasteiger partial charge in [-0.1, -0.05) is 41.5 Å². The molecule has 9 heteroatoms. The van der Waals surface area contributed by atoms with Gasteiger partial charge in [0, 0.05) is 24.2 Å². The molecular formula is C23H23F3N6. The molecule has 0 spiro atoms. The first-order chi connectivity index (χ1) is 15.4. The maximum atomic E-state index is 12.8. The van der Waals surface area contributed by atoms with Crippen molar-refractivity contribution < 1.29 is 13.2 Å². The van der Waals surface area contributed by atoms with E-state index < -0.39 is 11.7 Å². The summed E-state index contributed by atoms with van der Waals surface area (Å²) in [6, 6.07) is 12.9. The lowest BCUT2D eigenvalue weighted by molar-refractivity contribution is -0.137. The fraction of sp³-hybridized carbons (Fsp3) is 0.348. The zero-order chi connectivity index (χ0) is 22.6. The molecule has 0 unspecified atom stereocenters. The van der Waals surface area contributed by atoms with Crippen molar-refractivity contribution in [3.8, 4) is 11.1 Å². The maximum absolute atomic E-state index is 12.8. The van der Waals surface area contributed by atoms with E-state index in [1.165, 1.54) is 25.0 Å². The molecule has 2 heterocycles. The van der Waals surface area contributed by atoms with Crippen LogP contribution < -0.4 is 0 Å². The molecular weight excluding hydrogens is 417 g/mol. The molecule has 0 N–H and O–H groups in total. The molecule has 166 valence electrons. The number of alkyl halides is 3. The molecule has 4 rings (SSSR count). The first-order valence-electron chi connectivity index (χ1n) is 10.5. The number of hydrogen-bond donors (Lipinski definition) is 0. The molecule has 1 aliphatic rings. The van der Waals surface area contributed by atoms with Gasteiger partial charge in [-0.25, -0.2) is 4.98 Å². The molecule has 1 aliphatic heterocycles. The van der Waals surface area contributed by atoms with Crippen molar-refractivity contribution in [1.82, 2.24) is 14.5 Å². The Morgan fingerprint density at radius 2 is 1.56 bits per heavy atom. The summed E-state index contributed by atoms with van der Waals surface area (Å²) in [4.78, 5) is 9.70. The predicted molar refractivity (Wildman–Crippen MR) is 116 cm³/mol. The number of likely N-dealkylation sites (tertiary alicyclic amines) is 1. The summed E-state index contributed by atoms with van der Waals surface area (Å²) in [5.74, 6) is 0.712. The van der Waals surface area contributed by atoms with Gasteiger partial charge in [0.05, 0.1) is 17.8 Å². The van der Waals surface area contributed by atoms with Gasteiger partial charge in [-0.2, -0.15) is 13.2 Å². The maximum Gasteiger partial charge on any atom is 0.416 e. The Bertz CT molecular complexity index is 1090. The van der Waals surface area contributed by atoms with Crippen LogP contribution in [0.1, 0.15) is 35.5 Å². The van der Waals surface area contributed by atoms with Crippen LogP contribution in [0, 0.1) is 0 Å². The Morgan fingerprint density at radius 1 is 0.938 bits per heavy atom. The first-order valence-corrected chi connectivity index (χ1v) is 10.5. The van der Waals surface area contributed by atoms with E-state index >= 15 is 0 Å². The van der Waals surface area contributed by atoms with Crippen molar-refractivity contribution >= 4 is 0 Å². The topological polar surface area (TPSA) is 69.8 Å². The van der Waals surface area contributed by atoms with Gasteiger partial charge in [-0.3, -0.25) is 4.90 Å². The molecule has 32 heavy (non-hydrogen) atoms. The van der Waals surface area contributed by atoms with Gasteiger partial charge in [0.25, 0.3) is 0 Å². The standard InChI is InChI=1S/C23H23F3N6/c24-23(25,26)20-9-7-19(8-10-20)18-5-3-17(4-6-18)15-32-21(16-31-11-1-2-12-31)13-28-22(32)14-29-30-27/h3-10,13H,1-2,11-12,14-16H2. The quantitative estimate of drug-likeness (QED) is 0.256. The summed E-state index contributed by atoms with van der Waals surface area (Å²) in [7, 11) is 0. The van der Waals surface area contributed by atoms with Crippen molar-refractivity contribution in [1.29, 1.82) is 0 Å². The number of rotatable bonds is 7. The molecule has 0 radical (unpaired) electrons. The van der Waals surface area contributed by atoms with Crippen LogP contribution in [0.5, 0.6) is 0 Å². The van der Waals surface area contributed by atoms with E-state index in [-0.39, 0.29) is 6.54 Å². The second-order valence-electron chi connectivity index (χ2n) is 7.90. The van der Waals surface area contributed by atoms with Crippen LogP contribution in [-0.4, -0.2) is 27.5 Å².